The van der Waals surface area contributed by atoms with Gasteiger partial charge in [0.1, 0.15) is 6.10 Å². The van der Waals surface area contributed by atoms with Gasteiger partial charge in [0.2, 0.25) is 0 Å². The molecular weight excluding hydrogens is 176 g/mol. The summed E-state index contributed by atoms with van der Waals surface area (Å²) in [6.45, 7) is 6.20. The summed E-state index contributed by atoms with van der Waals surface area (Å²) in [5.41, 5.74) is 0. The first kappa shape index (κ1) is 11.0. The number of esters is 1. The van der Waals surface area contributed by atoms with Crippen molar-refractivity contribution in [2.75, 3.05) is 0 Å². The molecular formula is C12H18O2. The van der Waals surface area contributed by atoms with E-state index in [2.05, 4.69) is 26.0 Å². The first-order chi connectivity index (χ1) is 6.59. The van der Waals surface area contributed by atoms with Gasteiger partial charge in [0, 0.05) is 5.92 Å². The smallest absolute Gasteiger partial charge is 0.306 e. The lowest BCUT2D eigenvalue weighted by Gasteiger charge is -2.06. The summed E-state index contributed by atoms with van der Waals surface area (Å²) >= 11 is 0. The molecule has 1 rings (SSSR count). The molecule has 0 aliphatic carbocycles. The van der Waals surface area contributed by atoms with Crippen LogP contribution in [0.5, 0.6) is 0 Å². The van der Waals surface area contributed by atoms with Crippen molar-refractivity contribution in [2.45, 2.75) is 33.3 Å². The standard InChI is InChI=1S/C12H18O2/c1-9(2)6-4-5-7-11-8-12(13)14-10(11)3/h4-7,9-11H,8H2,1-3H3/b6-4+,7-5+. The third-order valence-corrected chi connectivity index (χ3v) is 2.29. The minimum atomic E-state index is -0.0833. The third kappa shape index (κ3) is 3.36. The molecule has 0 spiro atoms. The van der Waals surface area contributed by atoms with Crippen molar-refractivity contribution in [3.05, 3.63) is 24.3 Å². The average Bonchev–Trinajstić information content (AvgIpc) is 2.39. The normalized spacial score (nSPS) is 28.1. The Morgan fingerprint density at radius 3 is 2.64 bits per heavy atom. The van der Waals surface area contributed by atoms with Crippen LogP contribution >= 0.6 is 0 Å². The van der Waals surface area contributed by atoms with Crippen LogP contribution in [0.15, 0.2) is 24.3 Å². The molecule has 14 heavy (non-hydrogen) atoms. The van der Waals surface area contributed by atoms with E-state index in [0.717, 1.165) is 0 Å². The first-order valence-electron chi connectivity index (χ1n) is 5.14. The maximum Gasteiger partial charge on any atom is 0.306 e. The second kappa shape index (κ2) is 4.99. The Hall–Kier alpha value is -1.05. The number of cyclic esters (lactones) is 1. The summed E-state index contributed by atoms with van der Waals surface area (Å²) in [6.07, 6.45) is 8.76. The topological polar surface area (TPSA) is 26.3 Å². The highest BCUT2D eigenvalue weighted by molar-refractivity contribution is 5.72. The van der Waals surface area contributed by atoms with E-state index in [-0.39, 0.29) is 18.0 Å². The maximum absolute atomic E-state index is 10.9. The van der Waals surface area contributed by atoms with Gasteiger partial charge in [-0.25, -0.2) is 0 Å². The lowest BCUT2D eigenvalue weighted by molar-refractivity contribution is -0.140. The Morgan fingerprint density at radius 2 is 2.14 bits per heavy atom. The van der Waals surface area contributed by atoms with Gasteiger partial charge in [-0.2, -0.15) is 0 Å². The summed E-state index contributed by atoms with van der Waals surface area (Å²) in [4.78, 5) is 10.9. The van der Waals surface area contributed by atoms with Gasteiger partial charge in [-0.1, -0.05) is 38.2 Å². The number of rotatable bonds is 3. The summed E-state index contributed by atoms with van der Waals surface area (Å²) in [5.74, 6) is 0.734. The van der Waals surface area contributed by atoms with Crippen molar-refractivity contribution in [3.8, 4) is 0 Å². The Labute approximate surface area is 85.6 Å². The maximum atomic E-state index is 10.9. The van der Waals surface area contributed by atoms with E-state index in [0.29, 0.717) is 12.3 Å². The number of carbonyl (C=O) groups is 1. The lowest BCUT2D eigenvalue weighted by Crippen LogP contribution is -2.07. The van der Waals surface area contributed by atoms with E-state index in [1.807, 2.05) is 19.1 Å². The van der Waals surface area contributed by atoms with Gasteiger partial charge in [0.15, 0.2) is 0 Å². The number of hydrogen-bond donors (Lipinski definition) is 0. The Morgan fingerprint density at radius 1 is 1.43 bits per heavy atom. The van der Waals surface area contributed by atoms with Gasteiger partial charge < -0.3 is 4.74 Å². The van der Waals surface area contributed by atoms with Crippen LogP contribution in [0.1, 0.15) is 27.2 Å². The van der Waals surface area contributed by atoms with E-state index in [9.17, 15) is 4.79 Å². The van der Waals surface area contributed by atoms with Gasteiger partial charge >= 0.3 is 5.97 Å². The molecule has 2 atom stereocenters. The quantitative estimate of drug-likeness (QED) is 0.510. The Kier molecular flexibility index (Phi) is 3.93. The predicted molar refractivity (Wildman–Crippen MR) is 56.8 cm³/mol. The molecule has 0 amide bonds. The molecule has 0 saturated carbocycles. The number of hydrogen-bond acceptors (Lipinski definition) is 2. The van der Waals surface area contributed by atoms with Crippen molar-refractivity contribution < 1.29 is 9.53 Å². The van der Waals surface area contributed by atoms with E-state index >= 15 is 0 Å². The fourth-order valence-corrected chi connectivity index (χ4v) is 1.42. The van der Waals surface area contributed by atoms with Crippen LogP contribution < -0.4 is 0 Å². The fraction of sp³-hybridized carbons (Fsp3) is 0.583. The highest BCUT2D eigenvalue weighted by atomic mass is 16.5. The third-order valence-electron chi connectivity index (χ3n) is 2.29. The molecule has 0 aromatic carbocycles. The average molecular weight is 194 g/mol. The van der Waals surface area contributed by atoms with Crippen LogP contribution in [0, 0.1) is 11.8 Å². The van der Waals surface area contributed by atoms with Crippen LogP contribution in [0.2, 0.25) is 0 Å². The SMILES string of the molecule is CC(C)/C=C/C=C/C1CC(=O)OC1C. The molecule has 0 bridgehead atoms. The second-order valence-electron chi connectivity index (χ2n) is 4.08. The largest absolute Gasteiger partial charge is 0.462 e. The van der Waals surface area contributed by atoms with Crippen molar-refractivity contribution in [2.24, 2.45) is 11.8 Å². The summed E-state index contributed by atoms with van der Waals surface area (Å²) in [7, 11) is 0. The van der Waals surface area contributed by atoms with Crippen molar-refractivity contribution >= 4 is 5.97 Å². The molecule has 0 aromatic heterocycles. The molecule has 2 unspecified atom stereocenters. The molecule has 2 nitrogen and oxygen atoms in total. The zero-order valence-electron chi connectivity index (χ0n) is 9.07. The van der Waals surface area contributed by atoms with Crippen molar-refractivity contribution in [3.63, 3.8) is 0 Å². The highest BCUT2D eigenvalue weighted by Gasteiger charge is 2.28. The summed E-state index contributed by atoms with van der Waals surface area (Å²) in [6, 6.07) is 0. The van der Waals surface area contributed by atoms with E-state index < -0.39 is 0 Å². The molecule has 0 radical (unpaired) electrons. The van der Waals surface area contributed by atoms with Gasteiger partial charge in [-0.15, -0.1) is 0 Å². The molecule has 0 N–H and O–H groups in total. The highest BCUT2D eigenvalue weighted by Crippen LogP contribution is 2.22. The first-order valence-corrected chi connectivity index (χ1v) is 5.14. The fourth-order valence-electron chi connectivity index (χ4n) is 1.42. The van der Waals surface area contributed by atoms with Gasteiger partial charge in [-0.05, 0) is 12.8 Å². The summed E-state index contributed by atoms with van der Waals surface area (Å²) < 4.78 is 5.04. The molecule has 1 heterocycles. The Bertz CT molecular complexity index is 251. The summed E-state index contributed by atoms with van der Waals surface area (Å²) in [5, 5.41) is 0. The molecule has 2 heteroatoms. The number of ether oxygens (including phenoxy) is 1. The lowest BCUT2D eigenvalue weighted by atomic mass is 10.0. The zero-order chi connectivity index (χ0) is 10.6. The van der Waals surface area contributed by atoms with E-state index in [1.54, 1.807) is 0 Å². The van der Waals surface area contributed by atoms with Gasteiger partial charge in [-0.3, -0.25) is 4.79 Å². The second-order valence-corrected chi connectivity index (χ2v) is 4.08. The zero-order valence-corrected chi connectivity index (χ0v) is 9.07. The molecule has 1 saturated heterocycles. The van der Waals surface area contributed by atoms with Crippen LogP contribution in [0.25, 0.3) is 0 Å². The molecule has 0 aromatic rings. The predicted octanol–water partition coefficient (Wildman–Crippen LogP) is 2.71. The van der Waals surface area contributed by atoms with E-state index in [1.165, 1.54) is 0 Å². The van der Waals surface area contributed by atoms with Gasteiger partial charge in [0.25, 0.3) is 0 Å². The van der Waals surface area contributed by atoms with Crippen LogP contribution in [0.4, 0.5) is 0 Å². The van der Waals surface area contributed by atoms with Crippen LogP contribution in [0.3, 0.4) is 0 Å². The molecule has 78 valence electrons. The van der Waals surface area contributed by atoms with E-state index in [4.69, 9.17) is 4.74 Å². The van der Waals surface area contributed by atoms with Crippen molar-refractivity contribution in [1.82, 2.24) is 0 Å². The van der Waals surface area contributed by atoms with Crippen LogP contribution in [-0.2, 0) is 9.53 Å². The minimum Gasteiger partial charge on any atom is -0.462 e. The van der Waals surface area contributed by atoms with Crippen LogP contribution in [-0.4, -0.2) is 12.1 Å². The molecule has 1 aliphatic rings. The van der Waals surface area contributed by atoms with Crippen molar-refractivity contribution in [1.29, 1.82) is 0 Å². The molecule has 1 aliphatic heterocycles. The monoisotopic (exact) mass is 194 g/mol. The minimum absolute atomic E-state index is 0.0335. The molecule has 1 fully saturated rings. The number of carbonyl (C=O) groups excluding carboxylic acids is 1. The Balaban J connectivity index is 2.40. The van der Waals surface area contributed by atoms with Gasteiger partial charge in [0.05, 0.1) is 6.42 Å². The number of allylic oxidation sites excluding steroid dienone is 3.